The van der Waals surface area contributed by atoms with Crippen LogP contribution in [-0.2, 0) is 0 Å². The maximum absolute atomic E-state index is 11.1. The highest BCUT2D eigenvalue weighted by Gasteiger charge is 2.13. The Kier molecular flexibility index (Phi) is 6.08. The largest absolute Gasteiger partial charge is 0.326 e. The number of anilines is 1. The smallest absolute Gasteiger partial charge is 0.292 e. The summed E-state index contributed by atoms with van der Waals surface area (Å²) in [7, 11) is 0. The van der Waals surface area contributed by atoms with Crippen LogP contribution in [0, 0.1) is 10.1 Å². The quantitative estimate of drug-likeness (QED) is 0.278. The van der Waals surface area contributed by atoms with Crippen molar-refractivity contribution in [3.63, 3.8) is 0 Å². The molecule has 0 bridgehead atoms. The molecule has 140 valence electrons. The third-order valence-electron chi connectivity index (χ3n) is 4.08. The Hall–Kier alpha value is -3.58. The Bertz CT molecular complexity index is 1020. The lowest BCUT2D eigenvalue weighted by atomic mass is 10.0. The molecule has 28 heavy (non-hydrogen) atoms. The fourth-order valence-corrected chi connectivity index (χ4v) is 2.78. The number of benzene rings is 3. The predicted molar refractivity (Wildman–Crippen MR) is 117 cm³/mol. The summed E-state index contributed by atoms with van der Waals surface area (Å²) < 4.78 is 0. The van der Waals surface area contributed by atoms with Gasteiger partial charge in [-0.25, -0.2) is 0 Å². The average Bonchev–Trinajstić information content (AvgIpc) is 2.73. The predicted octanol–water partition coefficient (Wildman–Crippen LogP) is 4.97. The number of rotatable bonds is 5. The first-order valence-corrected chi connectivity index (χ1v) is 8.96. The Balaban J connectivity index is 1.66. The highest BCUT2D eigenvalue weighted by molar-refractivity contribution is 7.80. The molecule has 0 saturated heterocycles. The maximum atomic E-state index is 11.1. The van der Waals surface area contributed by atoms with Crippen LogP contribution in [-0.4, -0.2) is 15.7 Å². The molecule has 0 heterocycles. The molecule has 0 spiro atoms. The minimum Gasteiger partial charge on any atom is -0.326 e. The van der Waals surface area contributed by atoms with Gasteiger partial charge in [-0.15, -0.1) is 0 Å². The van der Waals surface area contributed by atoms with Crippen molar-refractivity contribution in [2.45, 2.75) is 6.92 Å². The molecule has 0 saturated carbocycles. The van der Waals surface area contributed by atoms with E-state index in [1.54, 1.807) is 18.2 Å². The van der Waals surface area contributed by atoms with Crippen molar-refractivity contribution >= 4 is 34.4 Å². The van der Waals surface area contributed by atoms with Crippen LogP contribution in [0.15, 0.2) is 84.0 Å². The molecule has 2 N–H and O–H groups in total. The third-order valence-corrected chi connectivity index (χ3v) is 4.28. The molecular weight excluding hydrogens is 372 g/mol. The van der Waals surface area contributed by atoms with Gasteiger partial charge in [-0.3, -0.25) is 15.5 Å². The summed E-state index contributed by atoms with van der Waals surface area (Å²) in [5.41, 5.74) is 6.95. The van der Waals surface area contributed by atoms with Crippen LogP contribution in [0.2, 0.25) is 0 Å². The van der Waals surface area contributed by atoms with E-state index in [-0.39, 0.29) is 10.8 Å². The van der Waals surface area contributed by atoms with Crippen molar-refractivity contribution < 1.29 is 4.92 Å². The molecule has 0 amide bonds. The summed E-state index contributed by atoms with van der Waals surface area (Å²) in [4.78, 5) is 10.6. The number of para-hydroxylation sites is 2. The highest BCUT2D eigenvalue weighted by atomic mass is 32.1. The van der Waals surface area contributed by atoms with Crippen molar-refractivity contribution in [2.75, 3.05) is 5.32 Å². The van der Waals surface area contributed by atoms with E-state index in [1.807, 2.05) is 49.4 Å². The van der Waals surface area contributed by atoms with Crippen LogP contribution in [0.1, 0.15) is 12.5 Å². The van der Waals surface area contributed by atoms with Gasteiger partial charge in [0.2, 0.25) is 0 Å². The van der Waals surface area contributed by atoms with Crippen molar-refractivity contribution in [2.24, 2.45) is 5.10 Å². The Morgan fingerprint density at radius 1 is 0.929 bits per heavy atom. The van der Waals surface area contributed by atoms with Crippen molar-refractivity contribution in [1.29, 1.82) is 0 Å². The standard InChI is InChI=1S/C21H18N4O2S/c1-15(16-11-13-18(14-12-16)17-7-3-2-4-8-17)23-24-21(28)22-19-9-5-6-10-20(19)25(26)27/h2-14H,1H3,(H2,22,24,28)/b23-15-. The van der Waals surface area contributed by atoms with Gasteiger partial charge in [0.05, 0.1) is 10.6 Å². The third kappa shape index (κ3) is 4.77. The molecule has 0 aromatic heterocycles. The zero-order valence-corrected chi connectivity index (χ0v) is 15.9. The SMILES string of the molecule is C/C(=N/NC(=S)Nc1ccccc1[N+](=O)[O-])c1ccc(-c2ccccc2)cc1. The van der Waals surface area contributed by atoms with Crippen LogP contribution < -0.4 is 10.7 Å². The minimum absolute atomic E-state index is 0.0520. The number of nitro groups is 1. The molecular formula is C21H18N4O2S. The first-order chi connectivity index (χ1) is 13.5. The maximum Gasteiger partial charge on any atom is 0.292 e. The van der Waals surface area contributed by atoms with E-state index in [0.717, 1.165) is 22.4 Å². The van der Waals surface area contributed by atoms with Gasteiger partial charge in [-0.1, -0.05) is 66.7 Å². The molecule has 3 aromatic carbocycles. The number of nitro benzene ring substituents is 1. The van der Waals surface area contributed by atoms with E-state index in [9.17, 15) is 10.1 Å². The first kappa shape index (κ1) is 19.2. The molecule has 0 aliphatic rings. The molecule has 0 unspecified atom stereocenters. The van der Waals surface area contributed by atoms with Crippen LogP contribution in [0.3, 0.4) is 0 Å². The minimum atomic E-state index is -0.465. The molecule has 6 nitrogen and oxygen atoms in total. The van der Waals surface area contributed by atoms with E-state index in [2.05, 4.69) is 28.0 Å². The lowest BCUT2D eigenvalue weighted by Crippen LogP contribution is -2.25. The molecule has 7 heteroatoms. The Morgan fingerprint density at radius 2 is 1.54 bits per heavy atom. The van der Waals surface area contributed by atoms with Crippen molar-refractivity contribution in [1.82, 2.24) is 5.43 Å². The molecule has 0 fully saturated rings. The Labute approximate surface area is 168 Å². The zero-order valence-electron chi connectivity index (χ0n) is 15.1. The van der Waals surface area contributed by atoms with Crippen LogP contribution in [0.4, 0.5) is 11.4 Å². The summed E-state index contributed by atoms with van der Waals surface area (Å²) in [5, 5.41) is 18.3. The molecule has 0 aliphatic heterocycles. The second kappa shape index (κ2) is 8.88. The number of nitrogens with one attached hydrogen (secondary N) is 2. The normalized spacial score (nSPS) is 11.0. The van der Waals surface area contributed by atoms with E-state index in [4.69, 9.17) is 12.2 Å². The van der Waals surface area contributed by atoms with Gasteiger partial charge in [0.15, 0.2) is 5.11 Å². The topological polar surface area (TPSA) is 79.6 Å². The second-order valence-electron chi connectivity index (χ2n) is 5.98. The average molecular weight is 390 g/mol. The van der Waals surface area contributed by atoms with Crippen molar-refractivity contribution in [3.05, 3.63) is 94.5 Å². The molecule has 3 rings (SSSR count). The summed E-state index contributed by atoms with van der Waals surface area (Å²) in [6, 6.07) is 24.5. The van der Waals surface area contributed by atoms with Gasteiger partial charge in [0.25, 0.3) is 5.69 Å². The van der Waals surface area contributed by atoms with E-state index in [0.29, 0.717) is 5.69 Å². The van der Waals surface area contributed by atoms with Gasteiger partial charge in [0.1, 0.15) is 5.69 Å². The molecule has 0 aliphatic carbocycles. The fourth-order valence-electron chi connectivity index (χ4n) is 2.62. The number of hydrazone groups is 1. The monoisotopic (exact) mass is 390 g/mol. The first-order valence-electron chi connectivity index (χ1n) is 8.55. The summed E-state index contributed by atoms with van der Waals surface area (Å²) in [5.74, 6) is 0. The molecule has 3 aromatic rings. The van der Waals surface area contributed by atoms with Gasteiger partial charge in [0, 0.05) is 6.07 Å². The van der Waals surface area contributed by atoms with Crippen LogP contribution >= 0.6 is 12.2 Å². The number of nitrogens with zero attached hydrogens (tertiary/aromatic N) is 2. The fraction of sp³-hybridized carbons (Fsp3) is 0.0476. The van der Waals surface area contributed by atoms with Gasteiger partial charge in [-0.2, -0.15) is 5.10 Å². The van der Waals surface area contributed by atoms with Gasteiger partial charge >= 0.3 is 0 Å². The zero-order chi connectivity index (χ0) is 19.9. The number of hydrogen-bond acceptors (Lipinski definition) is 4. The lowest BCUT2D eigenvalue weighted by Gasteiger charge is -2.09. The molecule has 0 radical (unpaired) electrons. The molecule has 0 atom stereocenters. The number of thiocarbonyl (C=S) groups is 1. The van der Waals surface area contributed by atoms with Crippen molar-refractivity contribution in [3.8, 4) is 11.1 Å². The van der Waals surface area contributed by atoms with Crippen LogP contribution in [0.25, 0.3) is 11.1 Å². The lowest BCUT2D eigenvalue weighted by molar-refractivity contribution is -0.383. The Morgan fingerprint density at radius 3 is 2.21 bits per heavy atom. The highest BCUT2D eigenvalue weighted by Crippen LogP contribution is 2.23. The van der Waals surface area contributed by atoms with Gasteiger partial charge < -0.3 is 5.32 Å². The van der Waals surface area contributed by atoms with Crippen LogP contribution in [0.5, 0.6) is 0 Å². The number of hydrogen-bond donors (Lipinski definition) is 2. The van der Waals surface area contributed by atoms with Gasteiger partial charge in [-0.05, 0) is 41.9 Å². The van der Waals surface area contributed by atoms with E-state index < -0.39 is 4.92 Å². The van der Waals surface area contributed by atoms with E-state index in [1.165, 1.54) is 6.07 Å². The summed E-state index contributed by atoms with van der Waals surface area (Å²) in [6.07, 6.45) is 0. The summed E-state index contributed by atoms with van der Waals surface area (Å²) in [6.45, 7) is 1.86. The summed E-state index contributed by atoms with van der Waals surface area (Å²) >= 11 is 5.18. The van der Waals surface area contributed by atoms with E-state index >= 15 is 0 Å². The second-order valence-corrected chi connectivity index (χ2v) is 6.39.